The van der Waals surface area contributed by atoms with E-state index in [9.17, 15) is 21.6 Å². The summed E-state index contributed by atoms with van der Waals surface area (Å²) in [6.07, 6.45) is 1.13. The van der Waals surface area contributed by atoms with E-state index in [1.807, 2.05) is 0 Å². The number of thiophene rings is 1. The minimum absolute atomic E-state index is 0.0689. The van der Waals surface area contributed by atoms with Gasteiger partial charge in [0.25, 0.3) is 5.91 Å². The van der Waals surface area contributed by atoms with Gasteiger partial charge in [-0.3, -0.25) is 4.79 Å². The van der Waals surface area contributed by atoms with Crippen molar-refractivity contribution in [1.82, 2.24) is 9.21 Å². The summed E-state index contributed by atoms with van der Waals surface area (Å²) in [4.78, 5) is 13.7. The van der Waals surface area contributed by atoms with Gasteiger partial charge in [-0.1, -0.05) is 0 Å². The third-order valence-corrected chi connectivity index (χ3v) is 6.79. The molecule has 0 aliphatic carbocycles. The SMILES string of the molecule is CS(=O)(=O)N1CCN(C(=O)c2csc(S(N)(=O)=O)c2)CC1. The van der Waals surface area contributed by atoms with Gasteiger partial charge in [0.1, 0.15) is 4.21 Å². The normalized spacial score (nSPS) is 17.9. The van der Waals surface area contributed by atoms with E-state index < -0.39 is 20.0 Å². The average molecular weight is 353 g/mol. The number of piperazine rings is 1. The molecule has 1 aromatic rings. The second kappa shape index (κ2) is 5.65. The molecule has 1 aromatic heterocycles. The number of amides is 1. The molecule has 11 heteroatoms. The first-order valence-electron chi connectivity index (χ1n) is 5.95. The zero-order valence-corrected chi connectivity index (χ0v) is 13.7. The summed E-state index contributed by atoms with van der Waals surface area (Å²) in [5, 5.41) is 6.43. The third-order valence-electron chi connectivity index (χ3n) is 3.10. The first-order valence-corrected chi connectivity index (χ1v) is 10.2. The molecule has 0 bridgehead atoms. The monoisotopic (exact) mass is 353 g/mol. The first-order chi connectivity index (χ1) is 9.59. The summed E-state index contributed by atoms with van der Waals surface area (Å²) in [5.41, 5.74) is 0.247. The third kappa shape index (κ3) is 3.80. The summed E-state index contributed by atoms with van der Waals surface area (Å²) in [7, 11) is -7.07. The largest absolute Gasteiger partial charge is 0.336 e. The maximum atomic E-state index is 12.2. The van der Waals surface area contributed by atoms with Gasteiger partial charge in [0, 0.05) is 31.6 Å². The maximum Gasteiger partial charge on any atom is 0.254 e. The van der Waals surface area contributed by atoms with Gasteiger partial charge in [-0.05, 0) is 6.07 Å². The number of sulfonamides is 2. The molecule has 0 unspecified atom stereocenters. The molecule has 118 valence electrons. The predicted octanol–water partition coefficient (Wildman–Crippen LogP) is -0.887. The van der Waals surface area contributed by atoms with Crippen LogP contribution in [0.3, 0.4) is 0 Å². The minimum atomic E-state index is -3.81. The van der Waals surface area contributed by atoms with Crippen molar-refractivity contribution < 1.29 is 21.6 Å². The zero-order valence-electron chi connectivity index (χ0n) is 11.2. The Bertz CT molecular complexity index is 745. The second-order valence-corrected chi connectivity index (χ2v) is 9.34. The molecule has 21 heavy (non-hydrogen) atoms. The van der Waals surface area contributed by atoms with Gasteiger partial charge in [0.15, 0.2) is 0 Å². The molecule has 2 N–H and O–H groups in total. The number of hydrogen-bond donors (Lipinski definition) is 1. The molecular formula is C10H15N3O5S3. The Morgan fingerprint density at radius 1 is 1.19 bits per heavy atom. The molecule has 1 saturated heterocycles. The Balaban J connectivity index is 2.07. The van der Waals surface area contributed by atoms with Crippen molar-refractivity contribution >= 4 is 37.3 Å². The van der Waals surface area contributed by atoms with Crippen molar-refractivity contribution in [2.24, 2.45) is 5.14 Å². The van der Waals surface area contributed by atoms with Gasteiger partial charge >= 0.3 is 0 Å². The summed E-state index contributed by atoms with van der Waals surface area (Å²) in [6, 6.07) is 1.24. The average Bonchev–Trinajstić information content (AvgIpc) is 2.86. The standard InChI is InChI=1S/C10H15N3O5S3/c1-20(15,16)13-4-2-12(3-5-13)10(14)8-6-9(19-7-8)21(11,17)18/h6-7H,2-5H2,1H3,(H2,11,17,18). The molecule has 2 heterocycles. The number of carbonyl (C=O) groups excluding carboxylic acids is 1. The van der Waals surface area contributed by atoms with Crippen LogP contribution in [0.2, 0.25) is 0 Å². The Morgan fingerprint density at radius 2 is 1.76 bits per heavy atom. The van der Waals surface area contributed by atoms with Crippen molar-refractivity contribution in [3.63, 3.8) is 0 Å². The van der Waals surface area contributed by atoms with Gasteiger partial charge in [-0.2, -0.15) is 4.31 Å². The van der Waals surface area contributed by atoms with Crippen molar-refractivity contribution in [2.75, 3.05) is 32.4 Å². The van der Waals surface area contributed by atoms with Crippen LogP contribution in [0.25, 0.3) is 0 Å². The number of carbonyl (C=O) groups is 1. The number of primary sulfonamides is 1. The van der Waals surface area contributed by atoms with Crippen LogP contribution in [0.1, 0.15) is 10.4 Å². The maximum absolute atomic E-state index is 12.2. The lowest BCUT2D eigenvalue weighted by molar-refractivity contribution is 0.0698. The van der Waals surface area contributed by atoms with Gasteiger partial charge in [0.05, 0.1) is 11.8 Å². The fourth-order valence-electron chi connectivity index (χ4n) is 1.98. The van der Waals surface area contributed by atoms with Crippen LogP contribution in [-0.4, -0.2) is 64.4 Å². The van der Waals surface area contributed by atoms with E-state index in [0.717, 1.165) is 17.6 Å². The molecule has 1 amide bonds. The van der Waals surface area contributed by atoms with Crippen LogP contribution in [0, 0.1) is 0 Å². The molecule has 2 rings (SSSR count). The van der Waals surface area contributed by atoms with E-state index in [2.05, 4.69) is 0 Å². The van der Waals surface area contributed by atoms with E-state index >= 15 is 0 Å². The highest BCUT2D eigenvalue weighted by atomic mass is 32.2. The van der Waals surface area contributed by atoms with E-state index in [1.165, 1.54) is 20.7 Å². The minimum Gasteiger partial charge on any atom is -0.336 e. The zero-order chi connectivity index (χ0) is 15.8. The quantitative estimate of drug-likeness (QED) is 0.756. The Hall–Kier alpha value is -1.01. The van der Waals surface area contributed by atoms with Crippen LogP contribution < -0.4 is 5.14 Å². The lowest BCUT2D eigenvalue weighted by Crippen LogP contribution is -2.50. The summed E-state index contributed by atoms with van der Waals surface area (Å²) in [5.74, 6) is -0.325. The Labute approximate surface area is 127 Å². The summed E-state index contributed by atoms with van der Waals surface area (Å²) < 4.78 is 46.4. The van der Waals surface area contributed by atoms with Crippen LogP contribution in [0.15, 0.2) is 15.7 Å². The first kappa shape index (κ1) is 16.4. The van der Waals surface area contributed by atoms with Gasteiger partial charge in [-0.25, -0.2) is 22.0 Å². The van der Waals surface area contributed by atoms with Gasteiger partial charge < -0.3 is 4.90 Å². The molecule has 0 aromatic carbocycles. The number of nitrogens with zero attached hydrogens (tertiary/aromatic N) is 2. The number of nitrogens with two attached hydrogens (primary N) is 1. The lowest BCUT2D eigenvalue weighted by Gasteiger charge is -2.33. The predicted molar refractivity (Wildman–Crippen MR) is 78.0 cm³/mol. The molecule has 8 nitrogen and oxygen atoms in total. The Kier molecular flexibility index (Phi) is 4.40. The highest BCUT2D eigenvalue weighted by molar-refractivity contribution is 7.91. The van der Waals surface area contributed by atoms with E-state index in [4.69, 9.17) is 5.14 Å². The van der Waals surface area contributed by atoms with Gasteiger partial charge in [0.2, 0.25) is 20.0 Å². The topological polar surface area (TPSA) is 118 Å². The Morgan fingerprint density at radius 3 is 2.19 bits per heavy atom. The van der Waals surface area contributed by atoms with Crippen molar-refractivity contribution in [3.8, 4) is 0 Å². The molecule has 0 saturated carbocycles. The summed E-state index contributed by atoms with van der Waals surface area (Å²) in [6.45, 7) is 1.01. The molecule has 1 aliphatic rings. The van der Waals surface area contributed by atoms with Crippen LogP contribution in [-0.2, 0) is 20.0 Å². The molecule has 1 fully saturated rings. The van der Waals surface area contributed by atoms with Crippen LogP contribution in [0.4, 0.5) is 0 Å². The highest BCUT2D eigenvalue weighted by Crippen LogP contribution is 2.20. The second-order valence-electron chi connectivity index (χ2n) is 4.65. The molecule has 0 radical (unpaired) electrons. The van der Waals surface area contributed by atoms with Crippen LogP contribution >= 0.6 is 11.3 Å². The highest BCUT2D eigenvalue weighted by Gasteiger charge is 2.27. The van der Waals surface area contributed by atoms with Crippen molar-refractivity contribution in [2.45, 2.75) is 4.21 Å². The molecular weight excluding hydrogens is 338 g/mol. The lowest BCUT2D eigenvalue weighted by atomic mass is 10.2. The van der Waals surface area contributed by atoms with Gasteiger partial charge in [-0.15, -0.1) is 11.3 Å². The fourth-order valence-corrected chi connectivity index (χ4v) is 4.39. The molecule has 0 spiro atoms. The van der Waals surface area contributed by atoms with E-state index in [1.54, 1.807) is 0 Å². The van der Waals surface area contributed by atoms with Crippen LogP contribution in [0.5, 0.6) is 0 Å². The molecule has 1 aliphatic heterocycles. The number of hydrogen-bond acceptors (Lipinski definition) is 6. The van der Waals surface area contributed by atoms with E-state index in [-0.39, 0.29) is 41.9 Å². The van der Waals surface area contributed by atoms with E-state index in [0.29, 0.717) is 0 Å². The fraction of sp³-hybridized carbons (Fsp3) is 0.500. The van der Waals surface area contributed by atoms with Crippen molar-refractivity contribution in [3.05, 3.63) is 17.0 Å². The smallest absolute Gasteiger partial charge is 0.254 e. The number of rotatable bonds is 3. The molecule has 0 atom stereocenters. The summed E-state index contributed by atoms with van der Waals surface area (Å²) >= 11 is 0.887. The van der Waals surface area contributed by atoms with Crippen molar-refractivity contribution in [1.29, 1.82) is 0 Å².